The van der Waals surface area contributed by atoms with E-state index in [1.54, 1.807) is 18.2 Å². The van der Waals surface area contributed by atoms with Crippen molar-refractivity contribution in [3.8, 4) is 17.2 Å². The summed E-state index contributed by atoms with van der Waals surface area (Å²) in [4.78, 5) is 30.3. The van der Waals surface area contributed by atoms with Gasteiger partial charge in [-0.3, -0.25) is 9.59 Å². The number of anilines is 1. The molecule has 1 fully saturated rings. The quantitative estimate of drug-likeness (QED) is 0.281. The van der Waals surface area contributed by atoms with Gasteiger partial charge >= 0.3 is 0 Å². The zero-order valence-corrected chi connectivity index (χ0v) is 21.6. The van der Waals surface area contributed by atoms with Gasteiger partial charge in [0.2, 0.25) is 0 Å². The average molecular weight is 515 g/mol. The monoisotopic (exact) mass is 514 g/mol. The van der Waals surface area contributed by atoms with Gasteiger partial charge in [0.05, 0.1) is 18.2 Å². The van der Waals surface area contributed by atoms with Crippen molar-refractivity contribution in [3.63, 3.8) is 0 Å². The molecule has 0 aromatic heterocycles. The molecular weight excluding hydrogens is 484 g/mol. The second kappa shape index (κ2) is 10.5. The summed E-state index contributed by atoms with van der Waals surface area (Å²) in [6.07, 6.45) is 0. The smallest absolute Gasteiger partial charge is 0.295 e. The molecule has 0 spiro atoms. The molecule has 2 aliphatic rings. The Hall–Kier alpha value is -4.46. The van der Waals surface area contributed by atoms with Crippen LogP contribution in [0.15, 0.2) is 72.3 Å². The summed E-state index contributed by atoms with van der Waals surface area (Å²) in [6.45, 7) is 3.42. The van der Waals surface area contributed by atoms with E-state index < -0.39 is 17.7 Å². The highest BCUT2D eigenvalue weighted by molar-refractivity contribution is 6.46. The second-order valence-electron chi connectivity index (χ2n) is 9.35. The summed E-state index contributed by atoms with van der Waals surface area (Å²) in [5.74, 6) is 0.0670. The standard InChI is InChI=1S/C30H30N2O6/c1-4-36-23-7-5-6-19(16-23)18-32-27(20-8-11-22(12-9-20)31(2)3)26(29(34)30(32)35)28(33)21-10-13-24-25(17-21)38-15-14-37-24/h5-13,16-17,27,33H,4,14-15,18H2,1-3H3/b28-26-. The maximum absolute atomic E-state index is 13.4. The third-order valence-electron chi connectivity index (χ3n) is 6.64. The molecule has 38 heavy (non-hydrogen) atoms. The Morgan fingerprint density at radius 1 is 1.00 bits per heavy atom. The topological polar surface area (TPSA) is 88.5 Å². The van der Waals surface area contributed by atoms with Crippen molar-refractivity contribution < 1.29 is 28.9 Å². The number of carbonyl (C=O) groups is 2. The van der Waals surface area contributed by atoms with Crippen LogP contribution < -0.4 is 19.1 Å². The van der Waals surface area contributed by atoms with E-state index in [0.717, 1.165) is 16.8 Å². The first-order valence-corrected chi connectivity index (χ1v) is 12.5. The van der Waals surface area contributed by atoms with Crippen LogP contribution >= 0.6 is 0 Å². The number of benzene rings is 3. The largest absolute Gasteiger partial charge is 0.507 e. The molecule has 1 saturated heterocycles. The lowest BCUT2D eigenvalue weighted by atomic mass is 9.94. The van der Waals surface area contributed by atoms with Crippen molar-refractivity contribution in [2.75, 3.05) is 38.8 Å². The van der Waals surface area contributed by atoms with Gasteiger partial charge in [0.25, 0.3) is 11.7 Å². The summed E-state index contributed by atoms with van der Waals surface area (Å²) in [5.41, 5.74) is 2.91. The number of aliphatic hydroxyl groups is 1. The Labute approximate surface area is 221 Å². The number of fused-ring (bicyclic) bond motifs is 1. The van der Waals surface area contributed by atoms with Crippen molar-refractivity contribution in [1.82, 2.24) is 4.90 Å². The van der Waals surface area contributed by atoms with Gasteiger partial charge in [-0.05, 0) is 60.5 Å². The fourth-order valence-electron chi connectivity index (χ4n) is 4.79. The highest BCUT2D eigenvalue weighted by Gasteiger charge is 2.46. The number of carbonyl (C=O) groups excluding carboxylic acids is 2. The number of Topliss-reactive ketones (excluding diaryl/α,β-unsaturated/α-hetero) is 1. The van der Waals surface area contributed by atoms with E-state index in [0.29, 0.717) is 42.6 Å². The van der Waals surface area contributed by atoms with Crippen LogP contribution in [-0.2, 0) is 16.1 Å². The number of likely N-dealkylation sites (tertiary alicyclic amines) is 1. The van der Waals surface area contributed by atoms with E-state index in [2.05, 4.69) is 0 Å². The molecule has 0 radical (unpaired) electrons. The van der Waals surface area contributed by atoms with Crippen molar-refractivity contribution in [2.45, 2.75) is 19.5 Å². The summed E-state index contributed by atoms with van der Waals surface area (Å²) >= 11 is 0. The summed E-state index contributed by atoms with van der Waals surface area (Å²) < 4.78 is 16.9. The number of hydrogen-bond donors (Lipinski definition) is 1. The molecule has 5 rings (SSSR count). The molecular formula is C30H30N2O6. The van der Waals surface area contributed by atoms with E-state index in [1.165, 1.54) is 4.90 Å². The van der Waals surface area contributed by atoms with Gasteiger partial charge in [-0.25, -0.2) is 0 Å². The van der Waals surface area contributed by atoms with Gasteiger partial charge in [0.15, 0.2) is 11.5 Å². The van der Waals surface area contributed by atoms with Gasteiger partial charge in [0, 0.05) is 31.9 Å². The zero-order chi connectivity index (χ0) is 26.8. The van der Waals surface area contributed by atoms with Crippen molar-refractivity contribution in [2.24, 2.45) is 0 Å². The third kappa shape index (κ3) is 4.77. The van der Waals surface area contributed by atoms with E-state index in [-0.39, 0.29) is 17.9 Å². The van der Waals surface area contributed by atoms with Gasteiger partial charge in [-0.1, -0.05) is 24.3 Å². The number of rotatable bonds is 7. The van der Waals surface area contributed by atoms with Crippen LogP contribution in [0.5, 0.6) is 17.2 Å². The van der Waals surface area contributed by atoms with Crippen LogP contribution in [0.3, 0.4) is 0 Å². The molecule has 1 unspecified atom stereocenters. The maximum Gasteiger partial charge on any atom is 0.295 e. The molecule has 1 atom stereocenters. The lowest BCUT2D eigenvalue weighted by Crippen LogP contribution is -2.29. The lowest BCUT2D eigenvalue weighted by molar-refractivity contribution is -0.140. The minimum absolute atomic E-state index is 0.0326. The molecule has 0 saturated carbocycles. The molecule has 0 bridgehead atoms. The van der Waals surface area contributed by atoms with E-state index in [9.17, 15) is 14.7 Å². The van der Waals surface area contributed by atoms with Crippen LogP contribution in [0.4, 0.5) is 5.69 Å². The molecule has 1 N–H and O–H groups in total. The molecule has 2 heterocycles. The Kier molecular flexibility index (Phi) is 6.96. The molecule has 3 aromatic rings. The normalized spacial score (nSPS) is 18.0. The Morgan fingerprint density at radius 3 is 2.45 bits per heavy atom. The lowest BCUT2D eigenvalue weighted by Gasteiger charge is -2.26. The third-order valence-corrected chi connectivity index (χ3v) is 6.64. The van der Waals surface area contributed by atoms with Gasteiger partial charge in [-0.2, -0.15) is 0 Å². The average Bonchev–Trinajstić information content (AvgIpc) is 3.17. The van der Waals surface area contributed by atoms with E-state index in [1.807, 2.05) is 74.4 Å². The molecule has 8 heteroatoms. The first-order valence-electron chi connectivity index (χ1n) is 12.5. The molecule has 3 aromatic carbocycles. The predicted molar refractivity (Wildman–Crippen MR) is 144 cm³/mol. The van der Waals surface area contributed by atoms with Crippen LogP contribution in [0.25, 0.3) is 5.76 Å². The van der Waals surface area contributed by atoms with Crippen LogP contribution in [-0.4, -0.2) is 55.6 Å². The molecule has 2 aliphatic heterocycles. The Balaban J connectivity index is 1.60. The molecule has 196 valence electrons. The summed E-state index contributed by atoms with van der Waals surface area (Å²) in [5, 5.41) is 11.4. The number of ether oxygens (including phenoxy) is 3. The van der Waals surface area contributed by atoms with Crippen molar-refractivity contribution in [3.05, 3.63) is 89.0 Å². The van der Waals surface area contributed by atoms with Gasteiger partial charge in [-0.15, -0.1) is 0 Å². The molecule has 0 aliphatic carbocycles. The first kappa shape index (κ1) is 25.2. The fraction of sp³-hybridized carbons (Fsp3) is 0.267. The van der Waals surface area contributed by atoms with Crippen molar-refractivity contribution >= 4 is 23.1 Å². The van der Waals surface area contributed by atoms with Crippen molar-refractivity contribution in [1.29, 1.82) is 0 Å². The predicted octanol–water partition coefficient (Wildman–Crippen LogP) is 4.54. The highest BCUT2D eigenvalue weighted by Crippen LogP contribution is 2.42. The van der Waals surface area contributed by atoms with Crippen LogP contribution in [0.2, 0.25) is 0 Å². The minimum atomic E-state index is -0.782. The fourth-order valence-corrected chi connectivity index (χ4v) is 4.79. The number of amides is 1. The summed E-state index contributed by atoms with van der Waals surface area (Å²) in [7, 11) is 3.88. The minimum Gasteiger partial charge on any atom is -0.507 e. The first-order chi connectivity index (χ1) is 18.4. The SMILES string of the molecule is CCOc1cccc(CN2C(=O)C(=O)/C(=C(\O)c3ccc4c(c3)OCCO4)C2c2ccc(N(C)C)cc2)c1. The highest BCUT2D eigenvalue weighted by atomic mass is 16.6. The van der Waals surface area contributed by atoms with Crippen LogP contribution in [0, 0.1) is 0 Å². The molecule has 1 amide bonds. The van der Waals surface area contributed by atoms with Gasteiger partial charge in [0.1, 0.15) is 24.7 Å². The number of hydrogen-bond acceptors (Lipinski definition) is 7. The molecule has 8 nitrogen and oxygen atoms in total. The number of ketones is 1. The Bertz CT molecular complexity index is 1400. The Morgan fingerprint density at radius 2 is 1.74 bits per heavy atom. The van der Waals surface area contributed by atoms with Gasteiger partial charge < -0.3 is 29.1 Å². The van der Waals surface area contributed by atoms with E-state index >= 15 is 0 Å². The second-order valence-corrected chi connectivity index (χ2v) is 9.35. The zero-order valence-electron chi connectivity index (χ0n) is 21.6. The van der Waals surface area contributed by atoms with Crippen LogP contribution in [0.1, 0.15) is 29.7 Å². The summed E-state index contributed by atoms with van der Waals surface area (Å²) in [6, 6.07) is 19.3. The maximum atomic E-state index is 13.4. The number of aliphatic hydroxyl groups excluding tert-OH is 1. The number of nitrogens with zero attached hydrogens (tertiary/aromatic N) is 2. The van der Waals surface area contributed by atoms with E-state index in [4.69, 9.17) is 14.2 Å².